The van der Waals surface area contributed by atoms with Gasteiger partial charge in [0, 0.05) is 5.41 Å². The third-order valence-corrected chi connectivity index (χ3v) is 3.43. The van der Waals surface area contributed by atoms with Gasteiger partial charge in [-0.2, -0.15) is 0 Å². The minimum Gasteiger partial charge on any atom is -0.394 e. The number of aliphatic hydroxyl groups is 1. The lowest BCUT2D eigenvalue weighted by Gasteiger charge is -2.41. The average Bonchev–Trinajstić information content (AvgIpc) is 1.52. The second-order valence-corrected chi connectivity index (χ2v) is 10.2. The number of hydrogen-bond acceptors (Lipinski definition) is 2. The zero-order valence-electron chi connectivity index (χ0n) is 8.86. The van der Waals surface area contributed by atoms with Crippen molar-refractivity contribution in [2.75, 3.05) is 0 Å². The molecule has 0 heterocycles. The standard InChI is InChI=1S/C8H19O2Si2/c1-7(2,3)8(9,11)10-12(4,5)6/h9H,1-6H3. The summed E-state index contributed by atoms with van der Waals surface area (Å²) in [5.41, 5.74) is -1.53. The molecule has 2 nitrogen and oxygen atoms in total. The van der Waals surface area contributed by atoms with Crippen LogP contribution < -0.4 is 0 Å². The van der Waals surface area contributed by atoms with Crippen molar-refractivity contribution in [3.8, 4) is 0 Å². The van der Waals surface area contributed by atoms with Crippen molar-refractivity contribution in [1.29, 1.82) is 0 Å². The number of hydrogen-bond donors (Lipinski definition) is 1. The molecule has 0 saturated carbocycles. The van der Waals surface area contributed by atoms with E-state index in [0.717, 1.165) is 0 Å². The summed E-state index contributed by atoms with van der Waals surface area (Å²) in [6, 6.07) is 0. The van der Waals surface area contributed by atoms with Crippen LogP contribution in [0.25, 0.3) is 0 Å². The molecule has 0 aliphatic heterocycles. The summed E-state index contributed by atoms with van der Waals surface area (Å²) in [5, 5.41) is 9.91. The minimum atomic E-state index is -1.70. The average molecular weight is 203 g/mol. The van der Waals surface area contributed by atoms with Crippen molar-refractivity contribution in [1.82, 2.24) is 0 Å². The van der Waals surface area contributed by atoms with E-state index in [1.807, 2.05) is 40.4 Å². The Hall–Kier alpha value is 0.354. The van der Waals surface area contributed by atoms with E-state index in [2.05, 4.69) is 10.2 Å². The first-order chi connectivity index (χ1) is 4.96. The molecule has 0 saturated heterocycles. The molecule has 0 aromatic rings. The Kier molecular flexibility index (Phi) is 3.35. The van der Waals surface area contributed by atoms with E-state index in [4.69, 9.17) is 4.43 Å². The van der Waals surface area contributed by atoms with Gasteiger partial charge in [0.25, 0.3) is 0 Å². The van der Waals surface area contributed by atoms with Gasteiger partial charge in [-0.3, -0.25) is 0 Å². The second-order valence-electron chi connectivity index (χ2n) is 5.11. The van der Waals surface area contributed by atoms with Crippen molar-refractivity contribution in [3.63, 3.8) is 0 Å². The molecule has 3 radical (unpaired) electrons. The molecule has 1 atom stereocenters. The van der Waals surface area contributed by atoms with E-state index in [9.17, 15) is 5.11 Å². The van der Waals surface area contributed by atoms with Gasteiger partial charge in [-0.05, 0) is 19.6 Å². The lowest BCUT2D eigenvalue weighted by Crippen LogP contribution is -2.51. The molecule has 0 aromatic carbocycles. The lowest BCUT2D eigenvalue weighted by atomic mass is 9.96. The molecule has 12 heavy (non-hydrogen) atoms. The Morgan fingerprint density at radius 2 is 1.50 bits per heavy atom. The number of rotatable bonds is 2. The van der Waals surface area contributed by atoms with Crippen LogP contribution in [-0.2, 0) is 4.43 Å². The summed E-state index contributed by atoms with van der Waals surface area (Å²) < 4.78 is 5.60. The molecule has 0 spiro atoms. The lowest BCUT2D eigenvalue weighted by molar-refractivity contribution is -0.142. The molecule has 71 valence electrons. The third-order valence-electron chi connectivity index (χ3n) is 1.47. The quantitative estimate of drug-likeness (QED) is 0.547. The maximum atomic E-state index is 9.91. The summed E-state index contributed by atoms with van der Waals surface area (Å²) in [6.07, 6.45) is 0. The van der Waals surface area contributed by atoms with Crippen molar-refractivity contribution in [3.05, 3.63) is 0 Å². The first-order valence-corrected chi connectivity index (χ1v) is 8.04. The molecule has 0 rings (SSSR count). The van der Waals surface area contributed by atoms with Gasteiger partial charge < -0.3 is 9.53 Å². The molecule has 0 amide bonds. The van der Waals surface area contributed by atoms with Crippen molar-refractivity contribution in [2.24, 2.45) is 5.41 Å². The zero-order valence-corrected chi connectivity index (χ0v) is 10.9. The second kappa shape index (κ2) is 3.25. The highest BCUT2D eigenvalue weighted by molar-refractivity contribution is 6.70. The smallest absolute Gasteiger partial charge is 0.187 e. The van der Waals surface area contributed by atoms with Crippen LogP contribution in [0.3, 0.4) is 0 Å². The van der Waals surface area contributed by atoms with E-state index in [1.54, 1.807) is 0 Å². The van der Waals surface area contributed by atoms with Crippen molar-refractivity contribution >= 4 is 18.6 Å². The fourth-order valence-electron chi connectivity index (χ4n) is 0.596. The fourth-order valence-corrected chi connectivity index (χ4v) is 2.71. The SMILES string of the molecule is CC(C)(C)C(O)([Si])O[Si](C)(C)C. The van der Waals surface area contributed by atoms with Crippen LogP contribution >= 0.6 is 0 Å². The molecule has 0 aliphatic rings. The van der Waals surface area contributed by atoms with Gasteiger partial charge in [-0.1, -0.05) is 20.8 Å². The molecule has 1 N–H and O–H groups in total. The van der Waals surface area contributed by atoms with E-state index in [-0.39, 0.29) is 5.41 Å². The Morgan fingerprint density at radius 3 is 1.58 bits per heavy atom. The molecule has 0 aromatic heterocycles. The first-order valence-electron chi connectivity index (χ1n) is 4.13. The third kappa shape index (κ3) is 3.84. The predicted molar refractivity (Wildman–Crippen MR) is 54.6 cm³/mol. The summed E-state index contributed by atoms with van der Waals surface area (Å²) in [5.74, 6) is 0. The Bertz CT molecular complexity index is 153. The van der Waals surface area contributed by atoms with Crippen molar-refractivity contribution in [2.45, 2.75) is 45.8 Å². The van der Waals surface area contributed by atoms with Crippen LogP contribution in [0, 0.1) is 5.41 Å². The summed E-state index contributed by atoms with van der Waals surface area (Å²) in [7, 11) is 1.56. The van der Waals surface area contributed by atoms with Gasteiger partial charge in [0.05, 0.1) is 0 Å². The van der Waals surface area contributed by atoms with Crippen LogP contribution in [0.5, 0.6) is 0 Å². The monoisotopic (exact) mass is 203 g/mol. The van der Waals surface area contributed by atoms with Crippen molar-refractivity contribution < 1.29 is 9.53 Å². The molecular formula is C8H19O2Si2. The Balaban J connectivity index is 4.44. The summed E-state index contributed by atoms with van der Waals surface area (Å²) >= 11 is 0. The van der Waals surface area contributed by atoms with Gasteiger partial charge in [-0.15, -0.1) is 0 Å². The van der Waals surface area contributed by atoms with E-state index in [1.165, 1.54) is 0 Å². The van der Waals surface area contributed by atoms with Gasteiger partial charge >= 0.3 is 0 Å². The van der Waals surface area contributed by atoms with Crippen LogP contribution in [0.2, 0.25) is 19.6 Å². The fraction of sp³-hybridized carbons (Fsp3) is 1.00. The van der Waals surface area contributed by atoms with Gasteiger partial charge in [-0.25, -0.2) is 0 Å². The van der Waals surface area contributed by atoms with Crippen LogP contribution in [-0.4, -0.2) is 29.1 Å². The first kappa shape index (κ1) is 12.4. The summed E-state index contributed by atoms with van der Waals surface area (Å²) in [6.45, 7) is 11.9. The maximum Gasteiger partial charge on any atom is 0.187 e. The largest absolute Gasteiger partial charge is 0.394 e. The van der Waals surface area contributed by atoms with Gasteiger partial charge in [0.15, 0.2) is 8.32 Å². The normalized spacial score (nSPS) is 19.0. The highest BCUT2D eigenvalue weighted by atomic mass is 28.4. The van der Waals surface area contributed by atoms with E-state index < -0.39 is 13.7 Å². The topological polar surface area (TPSA) is 29.5 Å². The summed E-state index contributed by atoms with van der Waals surface area (Å²) in [4.78, 5) is 0. The highest BCUT2D eigenvalue weighted by Gasteiger charge is 2.39. The van der Waals surface area contributed by atoms with Crippen LogP contribution in [0.1, 0.15) is 20.8 Å². The van der Waals surface area contributed by atoms with Crippen LogP contribution in [0.4, 0.5) is 0 Å². The molecule has 1 unspecified atom stereocenters. The Labute approximate surface area is 79.9 Å². The molecule has 0 bridgehead atoms. The maximum absolute atomic E-state index is 9.91. The van der Waals surface area contributed by atoms with E-state index >= 15 is 0 Å². The molecular weight excluding hydrogens is 184 g/mol. The zero-order chi connectivity index (χ0) is 10.2. The molecule has 4 heteroatoms. The van der Waals surface area contributed by atoms with Crippen LogP contribution in [0.15, 0.2) is 0 Å². The Morgan fingerprint density at radius 1 is 1.17 bits per heavy atom. The highest BCUT2D eigenvalue weighted by Crippen LogP contribution is 2.30. The van der Waals surface area contributed by atoms with E-state index in [0.29, 0.717) is 0 Å². The minimum absolute atomic E-state index is 0.315. The molecule has 0 aliphatic carbocycles. The molecule has 0 fully saturated rings. The predicted octanol–water partition coefficient (Wildman–Crippen LogP) is 1.70. The van der Waals surface area contributed by atoms with Gasteiger partial charge in [0.1, 0.15) is 15.7 Å². The van der Waals surface area contributed by atoms with Gasteiger partial charge in [0.2, 0.25) is 0 Å².